The van der Waals surface area contributed by atoms with Crippen LogP contribution in [0.15, 0.2) is 0 Å². The lowest BCUT2D eigenvalue weighted by atomic mass is 9.87. The Morgan fingerprint density at radius 3 is 2.47 bits per heavy atom. The van der Waals surface area contributed by atoms with Gasteiger partial charge in [0, 0.05) is 44.7 Å². The highest BCUT2D eigenvalue weighted by molar-refractivity contribution is 5.79. The maximum absolute atomic E-state index is 12.6. The van der Waals surface area contributed by atoms with Crippen molar-refractivity contribution in [2.75, 3.05) is 32.7 Å². The molecule has 2 saturated carbocycles. The zero-order valence-electron chi connectivity index (χ0n) is 12.1. The van der Waals surface area contributed by atoms with Gasteiger partial charge in [0.05, 0.1) is 0 Å². The second-order valence-corrected chi connectivity index (χ2v) is 6.73. The summed E-state index contributed by atoms with van der Waals surface area (Å²) in [5, 5.41) is 0. The van der Waals surface area contributed by atoms with Crippen molar-refractivity contribution in [3.05, 3.63) is 0 Å². The highest BCUT2D eigenvalue weighted by Crippen LogP contribution is 2.48. The SMILES string of the molecule is CC(CN)N1CCN(C(=O)C2CC3CCC2C3)CC1. The van der Waals surface area contributed by atoms with Crippen LogP contribution >= 0.6 is 0 Å². The molecule has 4 heteroatoms. The van der Waals surface area contributed by atoms with Crippen molar-refractivity contribution in [1.29, 1.82) is 0 Å². The topological polar surface area (TPSA) is 49.6 Å². The summed E-state index contributed by atoms with van der Waals surface area (Å²) in [7, 11) is 0. The third-order valence-corrected chi connectivity index (χ3v) is 5.65. The van der Waals surface area contributed by atoms with Crippen molar-refractivity contribution in [3.63, 3.8) is 0 Å². The summed E-state index contributed by atoms with van der Waals surface area (Å²) in [6.07, 6.45) is 5.16. The molecule has 0 radical (unpaired) electrons. The molecule has 3 aliphatic rings. The Bertz CT molecular complexity index is 338. The van der Waals surface area contributed by atoms with Gasteiger partial charge in [-0.1, -0.05) is 6.42 Å². The number of nitrogens with two attached hydrogens (primary N) is 1. The minimum Gasteiger partial charge on any atom is -0.340 e. The van der Waals surface area contributed by atoms with Gasteiger partial charge in [-0.25, -0.2) is 0 Å². The van der Waals surface area contributed by atoms with Crippen LogP contribution in [0.2, 0.25) is 0 Å². The predicted octanol–water partition coefficient (Wildman–Crippen LogP) is 0.914. The molecule has 2 N–H and O–H groups in total. The molecule has 2 bridgehead atoms. The molecule has 1 aliphatic heterocycles. The summed E-state index contributed by atoms with van der Waals surface area (Å²) < 4.78 is 0. The van der Waals surface area contributed by atoms with E-state index in [0.29, 0.717) is 30.3 Å². The molecular formula is C15H27N3O. The fourth-order valence-corrected chi connectivity index (χ4v) is 4.31. The quantitative estimate of drug-likeness (QED) is 0.825. The van der Waals surface area contributed by atoms with Gasteiger partial charge in [0.2, 0.25) is 5.91 Å². The maximum atomic E-state index is 12.6. The molecule has 0 aromatic rings. The van der Waals surface area contributed by atoms with Gasteiger partial charge in [0.1, 0.15) is 0 Å². The average molecular weight is 265 g/mol. The van der Waals surface area contributed by atoms with Gasteiger partial charge in [-0.3, -0.25) is 9.69 Å². The standard InChI is InChI=1S/C15H27N3O/c1-11(10-16)17-4-6-18(7-5-17)15(19)14-9-12-2-3-13(14)8-12/h11-14H,2-10,16H2,1H3. The molecule has 1 heterocycles. The lowest BCUT2D eigenvalue weighted by Crippen LogP contribution is -2.54. The molecule has 4 unspecified atom stereocenters. The third kappa shape index (κ3) is 2.52. The lowest BCUT2D eigenvalue weighted by Gasteiger charge is -2.39. The summed E-state index contributed by atoms with van der Waals surface area (Å²) in [6, 6.07) is 0.444. The fourth-order valence-electron chi connectivity index (χ4n) is 4.31. The van der Waals surface area contributed by atoms with Crippen molar-refractivity contribution < 1.29 is 4.79 Å². The molecule has 3 rings (SSSR count). The summed E-state index contributed by atoms with van der Waals surface area (Å²) in [5.74, 6) is 2.38. The van der Waals surface area contributed by atoms with E-state index >= 15 is 0 Å². The van der Waals surface area contributed by atoms with E-state index in [1.54, 1.807) is 0 Å². The van der Waals surface area contributed by atoms with Crippen LogP contribution < -0.4 is 5.73 Å². The highest BCUT2D eigenvalue weighted by atomic mass is 16.2. The van der Waals surface area contributed by atoms with Crippen LogP contribution in [0.1, 0.15) is 32.6 Å². The van der Waals surface area contributed by atoms with Gasteiger partial charge in [0.15, 0.2) is 0 Å². The molecule has 4 nitrogen and oxygen atoms in total. The third-order valence-electron chi connectivity index (χ3n) is 5.65. The van der Waals surface area contributed by atoms with Gasteiger partial charge >= 0.3 is 0 Å². The Labute approximate surface area is 116 Å². The van der Waals surface area contributed by atoms with Gasteiger partial charge in [-0.15, -0.1) is 0 Å². The molecule has 3 fully saturated rings. The first-order valence-electron chi connectivity index (χ1n) is 7.92. The molecule has 1 amide bonds. The van der Waals surface area contributed by atoms with E-state index in [0.717, 1.165) is 32.1 Å². The molecule has 0 spiro atoms. The van der Waals surface area contributed by atoms with Crippen molar-refractivity contribution in [1.82, 2.24) is 9.80 Å². The minimum absolute atomic E-state index is 0.359. The summed E-state index contributed by atoms with van der Waals surface area (Å²) >= 11 is 0. The largest absolute Gasteiger partial charge is 0.340 e. The van der Waals surface area contributed by atoms with Crippen LogP contribution in [-0.4, -0.2) is 54.5 Å². The summed E-state index contributed by atoms with van der Waals surface area (Å²) in [4.78, 5) is 17.1. The number of carbonyl (C=O) groups is 1. The number of piperazine rings is 1. The number of hydrogen-bond acceptors (Lipinski definition) is 3. The Morgan fingerprint density at radius 2 is 1.95 bits per heavy atom. The first kappa shape index (κ1) is 13.4. The van der Waals surface area contributed by atoms with Crippen molar-refractivity contribution in [3.8, 4) is 0 Å². The molecule has 108 valence electrons. The first-order valence-corrected chi connectivity index (χ1v) is 7.92. The van der Waals surface area contributed by atoms with Crippen LogP contribution in [0.3, 0.4) is 0 Å². The lowest BCUT2D eigenvalue weighted by molar-refractivity contribution is -0.139. The van der Waals surface area contributed by atoms with Gasteiger partial charge in [0.25, 0.3) is 0 Å². The van der Waals surface area contributed by atoms with E-state index < -0.39 is 0 Å². The van der Waals surface area contributed by atoms with Crippen LogP contribution in [-0.2, 0) is 4.79 Å². The number of fused-ring (bicyclic) bond motifs is 2. The predicted molar refractivity (Wildman–Crippen MR) is 75.6 cm³/mol. The van der Waals surface area contributed by atoms with Crippen LogP contribution in [0, 0.1) is 17.8 Å². The maximum Gasteiger partial charge on any atom is 0.226 e. The zero-order chi connectivity index (χ0) is 13.4. The molecule has 0 aromatic carbocycles. The van der Waals surface area contributed by atoms with Crippen molar-refractivity contribution in [2.24, 2.45) is 23.5 Å². The Hall–Kier alpha value is -0.610. The highest BCUT2D eigenvalue weighted by Gasteiger charge is 2.44. The molecule has 2 aliphatic carbocycles. The molecule has 19 heavy (non-hydrogen) atoms. The average Bonchev–Trinajstić information content (AvgIpc) is 3.08. The van der Waals surface area contributed by atoms with E-state index in [9.17, 15) is 4.79 Å². The van der Waals surface area contributed by atoms with Crippen LogP contribution in [0.5, 0.6) is 0 Å². The summed E-state index contributed by atoms with van der Waals surface area (Å²) in [6.45, 7) is 6.66. The number of carbonyl (C=O) groups excluding carboxylic acids is 1. The van der Waals surface area contributed by atoms with E-state index in [1.165, 1.54) is 25.7 Å². The van der Waals surface area contributed by atoms with E-state index in [-0.39, 0.29) is 0 Å². The second-order valence-electron chi connectivity index (χ2n) is 6.73. The van der Waals surface area contributed by atoms with Crippen LogP contribution in [0.4, 0.5) is 0 Å². The van der Waals surface area contributed by atoms with E-state index in [2.05, 4.69) is 16.7 Å². The fraction of sp³-hybridized carbons (Fsp3) is 0.933. The van der Waals surface area contributed by atoms with Crippen molar-refractivity contribution in [2.45, 2.75) is 38.6 Å². The Kier molecular flexibility index (Phi) is 3.81. The molecule has 4 atom stereocenters. The normalized spacial score (nSPS) is 36.7. The summed E-state index contributed by atoms with van der Waals surface area (Å²) in [5.41, 5.74) is 5.72. The van der Waals surface area contributed by atoms with Crippen LogP contribution in [0.25, 0.3) is 0 Å². The van der Waals surface area contributed by atoms with E-state index in [4.69, 9.17) is 5.73 Å². The van der Waals surface area contributed by atoms with Gasteiger partial charge in [-0.05, 0) is 38.0 Å². The molecular weight excluding hydrogens is 238 g/mol. The smallest absolute Gasteiger partial charge is 0.226 e. The second kappa shape index (κ2) is 5.41. The number of nitrogens with zero attached hydrogens (tertiary/aromatic N) is 2. The Balaban J connectivity index is 1.52. The monoisotopic (exact) mass is 265 g/mol. The molecule has 0 aromatic heterocycles. The van der Waals surface area contributed by atoms with Crippen molar-refractivity contribution >= 4 is 5.91 Å². The van der Waals surface area contributed by atoms with Gasteiger partial charge in [-0.2, -0.15) is 0 Å². The molecule has 1 saturated heterocycles. The minimum atomic E-state index is 0.359. The number of hydrogen-bond donors (Lipinski definition) is 1. The number of amides is 1. The van der Waals surface area contributed by atoms with E-state index in [1.807, 2.05) is 0 Å². The Morgan fingerprint density at radius 1 is 1.21 bits per heavy atom. The number of rotatable bonds is 3. The van der Waals surface area contributed by atoms with Gasteiger partial charge < -0.3 is 10.6 Å². The zero-order valence-corrected chi connectivity index (χ0v) is 12.1. The first-order chi connectivity index (χ1) is 9.19.